The zero-order chi connectivity index (χ0) is 7.11. The van der Waals surface area contributed by atoms with E-state index < -0.39 is 0 Å². The summed E-state index contributed by atoms with van der Waals surface area (Å²) < 4.78 is 0. The molecule has 0 heterocycles. The second-order valence-electron chi connectivity index (χ2n) is 2.47. The van der Waals surface area contributed by atoms with Gasteiger partial charge in [-0.15, -0.1) is 0 Å². The minimum Gasteiger partial charge on any atom is -0.210 e. The average Bonchev–Trinajstić information content (AvgIpc) is 1.85. The molecule has 0 N–H and O–H groups in total. The lowest BCUT2D eigenvalue weighted by atomic mass is 9.74. The predicted octanol–water partition coefficient (Wildman–Crippen LogP) is 3.16. The molecule has 54 valence electrons. The molecule has 0 aliphatic heterocycles. The van der Waals surface area contributed by atoms with E-state index in [4.69, 9.17) is 0 Å². The van der Waals surface area contributed by atoms with Crippen molar-refractivity contribution in [2.75, 3.05) is 5.75 Å². The SMILES string of the molecule is CCCSB(C)CCC. The second-order valence-corrected chi connectivity index (χ2v) is 4.02. The zero-order valence-electron chi connectivity index (χ0n) is 6.81. The lowest BCUT2D eigenvalue weighted by molar-refractivity contribution is 1.07. The van der Waals surface area contributed by atoms with Crippen LogP contribution in [0.3, 0.4) is 0 Å². The van der Waals surface area contributed by atoms with Crippen LogP contribution in [0, 0.1) is 0 Å². The Labute approximate surface area is 63.8 Å². The number of rotatable bonds is 5. The van der Waals surface area contributed by atoms with Gasteiger partial charge in [0.05, 0.1) is 0 Å². The Hall–Kier alpha value is 0.415. The zero-order valence-corrected chi connectivity index (χ0v) is 7.63. The Kier molecular flexibility index (Phi) is 6.84. The summed E-state index contributed by atoms with van der Waals surface area (Å²) in [6.07, 6.45) is 4.03. The third kappa shape index (κ3) is 6.30. The molecule has 0 fully saturated rings. The molecule has 0 aromatic rings. The number of hydrogen-bond acceptors (Lipinski definition) is 1. The fourth-order valence-corrected chi connectivity index (χ4v) is 1.85. The van der Waals surface area contributed by atoms with Gasteiger partial charge in [-0.05, 0) is 12.2 Å². The van der Waals surface area contributed by atoms with Gasteiger partial charge in [0, 0.05) is 0 Å². The molecule has 0 radical (unpaired) electrons. The Morgan fingerprint density at radius 2 is 1.89 bits per heavy atom. The van der Waals surface area contributed by atoms with Crippen LogP contribution in [0.2, 0.25) is 13.1 Å². The standard InChI is InChI=1S/C7H17BS/c1-4-6-8(3)9-7-5-2/h4-7H2,1-3H3. The van der Waals surface area contributed by atoms with Crippen LogP contribution in [-0.2, 0) is 0 Å². The summed E-state index contributed by atoms with van der Waals surface area (Å²) in [6, 6.07) is 0. The fourth-order valence-electron chi connectivity index (χ4n) is 0.809. The summed E-state index contributed by atoms with van der Waals surface area (Å²) in [5.74, 6) is 2.22. The minimum atomic E-state index is 0.884. The van der Waals surface area contributed by atoms with Gasteiger partial charge in [-0.3, -0.25) is 0 Å². The molecule has 0 saturated carbocycles. The van der Waals surface area contributed by atoms with Gasteiger partial charge >= 0.3 is 0 Å². The van der Waals surface area contributed by atoms with E-state index in [1.165, 1.54) is 24.9 Å². The third-order valence-corrected chi connectivity index (χ3v) is 2.75. The molecule has 0 aliphatic rings. The molecule has 0 unspecified atom stereocenters. The summed E-state index contributed by atoms with van der Waals surface area (Å²) in [7, 11) is 0. The average molecular weight is 144 g/mol. The molecule has 0 aliphatic carbocycles. The Morgan fingerprint density at radius 1 is 1.22 bits per heavy atom. The smallest absolute Gasteiger partial charge is 0.206 e. The van der Waals surface area contributed by atoms with Gasteiger partial charge in [0.25, 0.3) is 0 Å². The summed E-state index contributed by atoms with van der Waals surface area (Å²) in [6.45, 7) is 6.82. The molecule has 0 atom stereocenters. The van der Waals surface area contributed by atoms with Crippen molar-refractivity contribution in [1.82, 2.24) is 0 Å². The van der Waals surface area contributed by atoms with E-state index in [1.54, 1.807) is 0 Å². The fraction of sp³-hybridized carbons (Fsp3) is 1.00. The molecule has 9 heavy (non-hydrogen) atoms. The molecule has 0 aromatic heterocycles. The minimum absolute atomic E-state index is 0.884. The van der Waals surface area contributed by atoms with Crippen molar-refractivity contribution in [1.29, 1.82) is 0 Å². The van der Waals surface area contributed by atoms with Gasteiger partial charge in [-0.2, -0.15) is 0 Å². The van der Waals surface area contributed by atoms with Crippen molar-refractivity contribution in [3.63, 3.8) is 0 Å². The van der Waals surface area contributed by atoms with Crippen LogP contribution in [0.25, 0.3) is 0 Å². The van der Waals surface area contributed by atoms with Crippen molar-refractivity contribution in [2.45, 2.75) is 39.8 Å². The number of hydrogen-bond donors (Lipinski definition) is 0. The van der Waals surface area contributed by atoms with Crippen LogP contribution < -0.4 is 0 Å². The summed E-state index contributed by atoms with van der Waals surface area (Å²) >= 11 is 2.10. The third-order valence-electron chi connectivity index (χ3n) is 1.30. The molecule has 0 amide bonds. The van der Waals surface area contributed by atoms with E-state index >= 15 is 0 Å². The summed E-state index contributed by atoms with van der Waals surface area (Å²) in [5, 5.41) is 0. The van der Waals surface area contributed by atoms with Crippen LogP contribution in [-0.4, -0.2) is 11.7 Å². The van der Waals surface area contributed by atoms with E-state index in [2.05, 4.69) is 32.3 Å². The summed E-state index contributed by atoms with van der Waals surface area (Å²) in [5.41, 5.74) is 0. The quantitative estimate of drug-likeness (QED) is 0.534. The first-order chi connectivity index (χ1) is 4.31. The molecular weight excluding hydrogens is 127 g/mol. The maximum atomic E-state index is 2.32. The monoisotopic (exact) mass is 144 g/mol. The van der Waals surface area contributed by atoms with E-state index in [9.17, 15) is 0 Å². The highest BCUT2D eigenvalue weighted by Gasteiger charge is 2.03. The van der Waals surface area contributed by atoms with Gasteiger partial charge in [0.2, 0.25) is 5.99 Å². The van der Waals surface area contributed by atoms with Crippen LogP contribution in [0.5, 0.6) is 0 Å². The lowest BCUT2D eigenvalue weighted by Crippen LogP contribution is -2.00. The maximum absolute atomic E-state index is 2.32. The molecule has 0 bridgehead atoms. The first kappa shape index (κ1) is 9.41. The van der Waals surface area contributed by atoms with Crippen LogP contribution in [0.4, 0.5) is 0 Å². The lowest BCUT2D eigenvalue weighted by Gasteiger charge is -2.03. The largest absolute Gasteiger partial charge is 0.210 e. The normalized spacial score (nSPS) is 9.67. The predicted molar refractivity (Wildman–Crippen MR) is 49.5 cm³/mol. The molecule has 0 rings (SSSR count). The molecule has 0 spiro atoms. The van der Waals surface area contributed by atoms with Gasteiger partial charge in [0.1, 0.15) is 0 Å². The summed E-state index contributed by atoms with van der Waals surface area (Å²) in [4.78, 5) is 0. The molecule has 0 saturated heterocycles. The topological polar surface area (TPSA) is 0 Å². The van der Waals surface area contributed by atoms with Gasteiger partial charge in [-0.25, -0.2) is 11.6 Å². The Bertz CT molecular complexity index is 56.9. The van der Waals surface area contributed by atoms with Crippen LogP contribution in [0.15, 0.2) is 0 Å². The first-order valence-corrected chi connectivity index (χ1v) is 4.97. The van der Waals surface area contributed by atoms with Crippen molar-refractivity contribution in [2.24, 2.45) is 0 Å². The highest BCUT2D eigenvalue weighted by molar-refractivity contribution is 8.25. The van der Waals surface area contributed by atoms with Crippen molar-refractivity contribution in [3.8, 4) is 0 Å². The van der Waals surface area contributed by atoms with E-state index in [0.29, 0.717) is 0 Å². The second kappa shape index (κ2) is 6.53. The molecular formula is C7H17BS. The van der Waals surface area contributed by atoms with E-state index in [-0.39, 0.29) is 0 Å². The molecule has 2 heteroatoms. The Morgan fingerprint density at radius 3 is 2.33 bits per heavy atom. The van der Waals surface area contributed by atoms with E-state index in [0.717, 1.165) is 5.99 Å². The van der Waals surface area contributed by atoms with E-state index in [1.807, 2.05) is 0 Å². The maximum Gasteiger partial charge on any atom is 0.206 e. The molecule has 0 nitrogen and oxygen atoms in total. The van der Waals surface area contributed by atoms with Crippen molar-refractivity contribution in [3.05, 3.63) is 0 Å². The van der Waals surface area contributed by atoms with Gasteiger partial charge in [-0.1, -0.05) is 33.4 Å². The highest BCUT2D eigenvalue weighted by atomic mass is 32.2. The van der Waals surface area contributed by atoms with Crippen molar-refractivity contribution >= 4 is 17.6 Å². The highest BCUT2D eigenvalue weighted by Crippen LogP contribution is 2.12. The van der Waals surface area contributed by atoms with Crippen LogP contribution in [0.1, 0.15) is 26.7 Å². The van der Waals surface area contributed by atoms with Crippen molar-refractivity contribution < 1.29 is 0 Å². The Balaban J connectivity index is 2.95. The van der Waals surface area contributed by atoms with Crippen LogP contribution >= 0.6 is 11.6 Å². The van der Waals surface area contributed by atoms with Gasteiger partial charge < -0.3 is 0 Å². The van der Waals surface area contributed by atoms with Gasteiger partial charge in [0.15, 0.2) is 0 Å². The molecule has 0 aromatic carbocycles. The first-order valence-electron chi connectivity index (χ1n) is 3.92.